The van der Waals surface area contributed by atoms with Crippen LogP contribution in [0.2, 0.25) is 5.02 Å². The number of hydrogen-bond acceptors (Lipinski definition) is 2. The third-order valence-corrected chi connectivity index (χ3v) is 11.9. The molecule has 4 aromatic carbocycles. The first-order valence-corrected chi connectivity index (χ1v) is 26.5. The molecule has 0 aliphatic heterocycles. The largest absolute Gasteiger partial charge is 0.256 e. The van der Waals surface area contributed by atoms with Gasteiger partial charge in [-0.15, -0.1) is 0 Å². The van der Waals surface area contributed by atoms with E-state index >= 15 is 0 Å². The van der Waals surface area contributed by atoms with Gasteiger partial charge in [-0.25, -0.2) is 0 Å². The van der Waals surface area contributed by atoms with Crippen LogP contribution in [0, 0.1) is 30.1 Å². The van der Waals surface area contributed by atoms with Crippen molar-refractivity contribution >= 4 is 25.2 Å². The van der Waals surface area contributed by atoms with Crippen LogP contribution in [0.5, 0.6) is 0 Å². The van der Waals surface area contributed by atoms with Gasteiger partial charge in [0, 0.05) is 28.5 Å². The Morgan fingerprint density at radius 3 is 1.46 bits per heavy atom. The number of rotatable bonds is 5. The minimum atomic E-state index is 0. The Balaban J connectivity index is 0.000000199. The van der Waals surface area contributed by atoms with E-state index in [4.69, 9.17) is 11.6 Å². The van der Waals surface area contributed by atoms with Gasteiger partial charge in [0.05, 0.1) is 11.4 Å². The first-order chi connectivity index (χ1) is 26.1. The molecule has 2 aromatic heterocycles. The predicted molar refractivity (Wildman–Crippen MR) is 229 cm³/mol. The monoisotopic (exact) mass is 886 g/mol. The fourth-order valence-corrected chi connectivity index (χ4v) is 9.02. The second-order valence-electron chi connectivity index (χ2n) is 14.9. The third-order valence-electron chi connectivity index (χ3n) is 11.6. The molecule has 0 spiro atoms. The molecule has 4 bridgehead atoms. The summed E-state index contributed by atoms with van der Waals surface area (Å²) in [7, 11) is 0. The average molecular weight is 890 g/mol. The number of nitrogens with zero attached hydrogens (tertiary/aromatic N) is 2. The molecule has 56 heavy (non-hydrogen) atoms. The fraction of sp³-hybridized carbons (Fsp3) is 0.286. The van der Waals surface area contributed by atoms with Gasteiger partial charge in [0.1, 0.15) is 0 Å². The second kappa shape index (κ2) is 23.2. The molecule has 2 heterocycles. The molecular weight excluding hydrogens is 840 g/mol. The third kappa shape index (κ3) is 12.0. The number of aromatic nitrogens is 2. The zero-order chi connectivity index (χ0) is 36.4. The molecule has 4 fully saturated rings. The molecule has 5 atom stereocenters. The molecule has 280 valence electrons. The Bertz CT molecular complexity index is 2010. The molecule has 6 aromatic rings. The number of benzene rings is 4. The smallest absolute Gasteiger partial charge is 0.0708 e. The van der Waals surface area contributed by atoms with E-state index in [9.17, 15) is 0 Å². The van der Waals surface area contributed by atoms with Crippen LogP contribution in [0.1, 0.15) is 70.3 Å². The van der Waals surface area contributed by atoms with Crippen molar-refractivity contribution in [3.05, 3.63) is 163 Å². The summed E-state index contributed by atoms with van der Waals surface area (Å²) in [5, 5.41) is 0.751. The van der Waals surface area contributed by atoms with Gasteiger partial charge < -0.3 is 18.8 Å². The van der Waals surface area contributed by atoms with Crippen molar-refractivity contribution in [1.82, 2.24) is 9.97 Å². The molecule has 0 radical (unpaired) electrons. The van der Waals surface area contributed by atoms with Crippen LogP contribution in [-0.2, 0) is 16.3 Å². The predicted octanol–water partition coefficient (Wildman–Crippen LogP) is 8.89. The van der Waals surface area contributed by atoms with Crippen LogP contribution in [-0.4, -0.2) is 9.97 Å². The minimum Gasteiger partial charge on any atom is -0.256 e. The SMILES string of the molecule is C.Clc1ccc(-c2ccnc(-c3ccccc3)c2)cc1.[CH-]1CC2CCC1C2.[Cl-].[Li+].[Zn+][Br].c1ccc(-c2cc(-c3ccc(C4CC5CCC4C5)cc3)ccn2)cc1. The van der Waals surface area contributed by atoms with Crippen molar-refractivity contribution in [3.63, 3.8) is 0 Å². The second-order valence-corrected chi connectivity index (χ2v) is 15.3. The number of fused-ring (bicyclic) bond motifs is 4. The van der Waals surface area contributed by atoms with E-state index in [2.05, 4.69) is 109 Å². The number of hydrogen-bond donors (Lipinski definition) is 0. The van der Waals surface area contributed by atoms with Crippen molar-refractivity contribution in [2.24, 2.45) is 23.7 Å². The summed E-state index contributed by atoms with van der Waals surface area (Å²) in [5.74, 6) is 4.92. The molecule has 0 saturated heterocycles. The summed E-state index contributed by atoms with van der Waals surface area (Å²) in [5.41, 5.74) is 10.7. The molecule has 10 rings (SSSR count). The normalized spacial score (nSPS) is 20.6. The molecule has 7 heteroatoms. The topological polar surface area (TPSA) is 25.8 Å². The van der Waals surface area contributed by atoms with E-state index in [1.165, 1.54) is 84.4 Å². The Hall–Kier alpha value is -2.54. The van der Waals surface area contributed by atoms with Gasteiger partial charge in [-0.2, -0.15) is 12.3 Å². The number of pyridine rings is 2. The molecule has 2 nitrogen and oxygen atoms in total. The summed E-state index contributed by atoms with van der Waals surface area (Å²) in [4.78, 5) is 8.97. The number of halogens is 3. The Labute approximate surface area is 375 Å². The van der Waals surface area contributed by atoms with Crippen LogP contribution < -0.4 is 31.3 Å². The van der Waals surface area contributed by atoms with Crippen molar-refractivity contribution in [2.45, 2.75) is 64.7 Å². The molecule has 4 aliphatic carbocycles. The van der Waals surface area contributed by atoms with Crippen molar-refractivity contribution in [1.29, 1.82) is 0 Å². The van der Waals surface area contributed by atoms with E-state index in [0.717, 1.165) is 62.7 Å². The Kier molecular flexibility index (Phi) is 19.1. The maximum absolute atomic E-state index is 5.91. The van der Waals surface area contributed by atoms with Gasteiger partial charge >= 0.3 is 48.8 Å². The van der Waals surface area contributed by atoms with E-state index < -0.39 is 0 Å². The van der Waals surface area contributed by atoms with E-state index in [-0.39, 0.29) is 38.7 Å². The van der Waals surface area contributed by atoms with Crippen molar-refractivity contribution < 1.29 is 47.6 Å². The van der Waals surface area contributed by atoms with Crippen molar-refractivity contribution in [2.75, 3.05) is 0 Å². The summed E-state index contributed by atoms with van der Waals surface area (Å²) in [6.07, 6.45) is 18.1. The molecular formula is C49H50BrCl2LiN2Zn. The minimum absolute atomic E-state index is 0. The first kappa shape index (κ1) is 46.2. The maximum Gasteiger partial charge on any atom is 0.0708 e. The van der Waals surface area contributed by atoms with E-state index in [0.29, 0.717) is 0 Å². The average Bonchev–Trinajstić information content (AvgIpc) is 4.09. The zero-order valence-corrected chi connectivity index (χ0v) is 37.8. The standard InChI is InChI=1S/C24H23N.C17H12ClN.C7H11.CH4.BrH.ClH.Li.Zn/c1-2-4-20(5-3-1)24-16-21(12-13-25-24)18-8-10-19(11-9-18)23-15-17-6-7-22(23)14-17;18-16-8-6-13(7-9-16)15-10-11-19-17(12-15)14-4-2-1-3-5-14;1-2-7-4-3-6(1)5-7;;;;;/h1-5,8-13,16-17,22-23H,6-7,14-15H2;1-12H;1,6-7H,2-5H2;1H4;2*1H;;/q;;-1;;;;+1;+2/p-2. The summed E-state index contributed by atoms with van der Waals surface area (Å²) >= 11 is 10.2. The summed E-state index contributed by atoms with van der Waals surface area (Å²) < 4.78 is 0. The van der Waals surface area contributed by atoms with Crippen LogP contribution in [0.25, 0.3) is 44.8 Å². The van der Waals surface area contributed by atoms with Crippen LogP contribution >= 0.6 is 25.2 Å². The van der Waals surface area contributed by atoms with Crippen molar-refractivity contribution in [3.8, 4) is 44.8 Å². The Morgan fingerprint density at radius 1 is 0.554 bits per heavy atom. The van der Waals surface area contributed by atoms with Gasteiger partial charge in [-0.05, 0) is 101 Å². The van der Waals surface area contributed by atoms with Gasteiger partial charge in [-0.3, -0.25) is 9.97 Å². The molecule has 5 unspecified atom stereocenters. The maximum atomic E-state index is 5.91. The van der Waals surface area contributed by atoms with Gasteiger partial charge in [0.2, 0.25) is 0 Å². The summed E-state index contributed by atoms with van der Waals surface area (Å²) in [6.45, 7) is 0. The Morgan fingerprint density at radius 2 is 1.07 bits per heavy atom. The summed E-state index contributed by atoms with van der Waals surface area (Å²) in [6, 6.07) is 46.2. The van der Waals surface area contributed by atoms with E-state index in [1.807, 2.05) is 67.0 Å². The molecule has 4 aliphatic rings. The zero-order valence-electron chi connectivity index (χ0n) is 31.7. The van der Waals surface area contributed by atoms with Crippen LogP contribution in [0.3, 0.4) is 0 Å². The quantitative estimate of drug-likeness (QED) is 0.128. The molecule has 0 N–H and O–H groups in total. The van der Waals surface area contributed by atoms with Crippen LogP contribution in [0.4, 0.5) is 0 Å². The van der Waals surface area contributed by atoms with Gasteiger partial charge in [0.15, 0.2) is 0 Å². The van der Waals surface area contributed by atoms with Gasteiger partial charge in [-0.1, -0.05) is 148 Å². The van der Waals surface area contributed by atoms with E-state index in [1.54, 1.807) is 5.56 Å². The molecule has 0 amide bonds. The van der Waals surface area contributed by atoms with Gasteiger partial charge in [0.25, 0.3) is 0 Å². The first-order valence-electron chi connectivity index (χ1n) is 19.1. The molecule has 4 saturated carbocycles. The van der Waals surface area contributed by atoms with Crippen LogP contribution in [0.15, 0.2) is 146 Å². The fourth-order valence-electron chi connectivity index (χ4n) is 8.90.